The Morgan fingerprint density at radius 2 is 1.69 bits per heavy atom. The molecule has 1 rings (SSSR count). The molecule has 1 unspecified atom stereocenters. The lowest BCUT2D eigenvalue weighted by atomic mass is 10.2. The van der Waals surface area contributed by atoms with Gasteiger partial charge in [0.05, 0.1) is 17.2 Å². The van der Waals surface area contributed by atoms with E-state index >= 15 is 0 Å². The van der Waals surface area contributed by atoms with Gasteiger partial charge in [0.2, 0.25) is 10.0 Å². The molecule has 1 aromatic carbocycles. The molecule has 0 aliphatic rings. The Bertz CT molecular complexity index is 879. The second-order valence-electron chi connectivity index (χ2n) is 7.42. The summed E-state index contributed by atoms with van der Waals surface area (Å²) in [6.45, 7) is 8.55. The Morgan fingerprint density at radius 1 is 1.10 bits per heavy atom. The van der Waals surface area contributed by atoms with Crippen molar-refractivity contribution in [3.63, 3.8) is 0 Å². The Labute approximate surface area is 175 Å². The number of sulfone groups is 1. The summed E-state index contributed by atoms with van der Waals surface area (Å²) in [5.41, 5.74) is 0.872. The second-order valence-corrected chi connectivity index (χ2v) is 11.7. The van der Waals surface area contributed by atoms with Gasteiger partial charge in [-0.2, -0.15) is 4.31 Å². The highest BCUT2D eigenvalue weighted by Crippen LogP contribution is 2.17. The van der Waals surface area contributed by atoms with Crippen molar-refractivity contribution >= 4 is 25.8 Å². The SMILES string of the molecule is CCNC(=NCc1ccc(S(=O)(=O)N(C)C(C)C)cc1)NC(C)CCS(C)(=O)=O. The zero-order valence-electron chi connectivity index (χ0n) is 18.1. The average Bonchev–Trinajstić information content (AvgIpc) is 2.63. The van der Waals surface area contributed by atoms with E-state index in [-0.39, 0.29) is 22.7 Å². The van der Waals surface area contributed by atoms with Gasteiger partial charge in [0.15, 0.2) is 5.96 Å². The third kappa shape index (κ3) is 8.71. The molecule has 8 nitrogen and oxygen atoms in total. The van der Waals surface area contributed by atoms with E-state index < -0.39 is 19.9 Å². The molecule has 0 spiro atoms. The van der Waals surface area contributed by atoms with Crippen molar-refractivity contribution < 1.29 is 16.8 Å². The summed E-state index contributed by atoms with van der Waals surface area (Å²) < 4.78 is 49.0. The molecule has 0 fully saturated rings. The fourth-order valence-electron chi connectivity index (χ4n) is 2.40. The molecule has 166 valence electrons. The molecule has 1 aromatic rings. The number of aliphatic imine (C=N–C) groups is 1. The van der Waals surface area contributed by atoms with Crippen LogP contribution in [0, 0.1) is 0 Å². The largest absolute Gasteiger partial charge is 0.357 e. The molecule has 1 atom stereocenters. The topological polar surface area (TPSA) is 108 Å². The fourth-order valence-corrected chi connectivity index (χ4v) is 4.55. The smallest absolute Gasteiger partial charge is 0.243 e. The Kier molecular flexibility index (Phi) is 9.57. The highest BCUT2D eigenvalue weighted by atomic mass is 32.2. The third-order valence-corrected chi connectivity index (χ3v) is 7.42. The van der Waals surface area contributed by atoms with Gasteiger partial charge >= 0.3 is 0 Å². The Hall–Kier alpha value is -1.65. The summed E-state index contributed by atoms with van der Waals surface area (Å²) in [7, 11) is -4.94. The number of rotatable bonds is 10. The van der Waals surface area contributed by atoms with Crippen LogP contribution in [-0.4, -0.2) is 64.8 Å². The van der Waals surface area contributed by atoms with Crippen LogP contribution in [0.4, 0.5) is 0 Å². The van der Waals surface area contributed by atoms with Crippen molar-refractivity contribution in [3.05, 3.63) is 29.8 Å². The van der Waals surface area contributed by atoms with E-state index in [0.29, 0.717) is 25.5 Å². The van der Waals surface area contributed by atoms with Crippen molar-refractivity contribution in [2.75, 3.05) is 25.6 Å². The summed E-state index contributed by atoms with van der Waals surface area (Å²) >= 11 is 0. The standard InChI is InChI=1S/C19H34N4O4S2/c1-7-20-19(22-16(4)12-13-28(6,24)25)21-14-17-8-10-18(11-9-17)29(26,27)23(5)15(2)3/h8-11,15-16H,7,12-14H2,1-6H3,(H2,20,21,22). The molecule has 10 heteroatoms. The van der Waals surface area contributed by atoms with Crippen molar-refractivity contribution in [2.24, 2.45) is 4.99 Å². The lowest BCUT2D eigenvalue weighted by molar-refractivity contribution is 0.410. The minimum atomic E-state index is -3.51. The molecule has 2 N–H and O–H groups in total. The number of nitrogens with zero attached hydrogens (tertiary/aromatic N) is 2. The lowest BCUT2D eigenvalue weighted by Gasteiger charge is -2.21. The van der Waals surface area contributed by atoms with Gasteiger partial charge in [-0.25, -0.2) is 21.8 Å². The predicted molar refractivity (Wildman–Crippen MR) is 118 cm³/mol. The van der Waals surface area contributed by atoms with E-state index in [2.05, 4.69) is 15.6 Å². The maximum atomic E-state index is 12.5. The summed E-state index contributed by atoms with van der Waals surface area (Å²) in [5, 5.41) is 6.33. The van der Waals surface area contributed by atoms with E-state index in [1.807, 2.05) is 27.7 Å². The van der Waals surface area contributed by atoms with Crippen LogP contribution < -0.4 is 10.6 Å². The quantitative estimate of drug-likeness (QED) is 0.417. The minimum Gasteiger partial charge on any atom is -0.357 e. The van der Waals surface area contributed by atoms with Crippen LogP contribution in [0.3, 0.4) is 0 Å². The lowest BCUT2D eigenvalue weighted by Crippen LogP contribution is -2.42. The van der Waals surface area contributed by atoms with Crippen LogP contribution in [0.5, 0.6) is 0 Å². The van der Waals surface area contributed by atoms with Gasteiger partial charge in [-0.1, -0.05) is 12.1 Å². The Morgan fingerprint density at radius 3 is 2.17 bits per heavy atom. The molecule has 0 heterocycles. The number of benzene rings is 1. The van der Waals surface area contributed by atoms with Gasteiger partial charge in [-0.05, 0) is 51.8 Å². The third-order valence-electron chi connectivity index (χ3n) is 4.40. The molecule has 0 saturated heterocycles. The zero-order valence-corrected chi connectivity index (χ0v) is 19.8. The first-order valence-electron chi connectivity index (χ1n) is 9.66. The highest BCUT2D eigenvalue weighted by Gasteiger charge is 2.22. The first kappa shape index (κ1) is 25.4. The van der Waals surface area contributed by atoms with E-state index in [1.54, 1.807) is 31.3 Å². The number of hydrogen-bond acceptors (Lipinski definition) is 5. The average molecular weight is 447 g/mol. The van der Waals surface area contributed by atoms with Crippen LogP contribution in [0.25, 0.3) is 0 Å². The molecule has 0 amide bonds. The van der Waals surface area contributed by atoms with Gasteiger partial charge in [-0.3, -0.25) is 0 Å². The summed E-state index contributed by atoms with van der Waals surface area (Å²) in [6, 6.07) is 6.51. The van der Waals surface area contributed by atoms with Crippen LogP contribution in [0.1, 0.15) is 39.7 Å². The van der Waals surface area contributed by atoms with Gasteiger partial charge in [0.1, 0.15) is 9.84 Å². The Balaban J connectivity index is 2.82. The van der Waals surface area contributed by atoms with E-state index in [9.17, 15) is 16.8 Å². The van der Waals surface area contributed by atoms with Gasteiger partial charge in [-0.15, -0.1) is 0 Å². The molecular formula is C19H34N4O4S2. The van der Waals surface area contributed by atoms with E-state index in [1.165, 1.54) is 10.6 Å². The first-order valence-corrected chi connectivity index (χ1v) is 13.2. The van der Waals surface area contributed by atoms with Crippen molar-refractivity contribution in [2.45, 2.75) is 57.6 Å². The number of hydrogen-bond donors (Lipinski definition) is 2. The monoisotopic (exact) mass is 446 g/mol. The molecule has 0 saturated carbocycles. The predicted octanol–water partition coefficient (Wildman–Crippen LogP) is 1.59. The number of sulfonamides is 1. The molecule has 0 aromatic heterocycles. The van der Waals surface area contributed by atoms with E-state index in [4.69, 9.17) is 0 Å². The molecule has 0 bridgehead atoms. The number of guanidine groups is 1. The first-order chi connectivity index (χ1) is 13.4. The van der Waals surface area contributed by atoms with Gasteiger partial charge in [0, 0.05) is 31.9 Å². The molecule has 0 aliphatic carbocycles. The molecule has 0 radical (unpaired) electrons. The summed E-state index contributed by atoms with van der Waals surface area (Å²) in [4.78, 5) is 4.76. The van der Waals surface area contributed by atoms with Gasteiger partial charge in [0.25, 0.3) is 0 Å². The molecule has 29 heavy (non-hydrogen) atoms. The van der Waals surface area contributed by atoms with Crippen LogP contribution >= 0.6 is 0 Å². The number of nitrogens with one attached hydrogen (secondary N) is 2. The van der Waals surface area contributed by atoms with Crippen molar-refractivity contribution in [1.29, 1.82) is 0 Å². The zero-order chi connectivity index (χ0) is 22.2. The van der Waals surface area contributed by atoms with Crippen molar-refractivity contribution in [3.8, 4) is 0 Å². The molecule has 0 aliphatic heterocycles. The van der Waals surface area contributed by atoms with Crippen LogP contribution in [-0.2, 0) is 26.4 Å². The maximum absolute atomic E-state index is 12.5. The minimum absolute atomic E-state index is 0.0541. The second kappa shape index (κ2) is 10.9. The van der Waals surface area contributed by atoms with E-state index in [0.717, 1.165) is 5.56 Å². The highest BCUT2D eigenvalue weighted by molar-refractivity contribution is 7.90. The van der Waals surface area contributed by atoms with Crippen LogP contribution in [0.15, 0.2) is 34.2 Å². The summed E-state index contributed by atoms with van der Waals surface area (Å²) in [5.74, 6) is 0.700. The molecular weight excluding hydrogens is 412 g/mol. The fraction of sp³-hybridized carbons (Fsp3) is 0.632. The maximum Gasteiger partial charge on any atom is 0.243 e. The summed E-state index contributed by atoms with van der Waals surface area (Å²) in [6.07, 6.45) is 1.71. The normalized spacial score (nSPS) is 14.3. The van der Waals surface area contributed by atoms with Crippen molar-refractivity contribution in [1.82, 2.24) is 14.9 Å². The van der Waals surface area contributed by atoms with Gasteiger partial charge < -0.3 is 10.6 Å². The van der Waals surface area contributed by atoms with Crippen LogP contribution in [0.2, 0.25) is 0 Å².